The summed E-state index contributed by atoms with van der Waals surface area (Å²) in [5, 5.41) is 6.70. The van der Waals surface area contributed by atoms with Crippen LogP contribution in [0.25, 0.3) is 0 Å². The lowest BCUT2D eigenvalue weighted by atomic mass is 10.2. The average Bonchev–Trinajstić information content (AvgIpc) is 2.45. The van der Waals surface area contributed by atoms with E-state index >= 15 is 0 Å². The lowest BCUT2D eigenvalue weighted by Gasteiger charge is -2.09. The molecule has 2 aromatic rings. The first kappa shape index (κ1) is 16.1. The molecule has 0 spiro atoms. The Bertz CT molecular complexity index is 679. The average molecular weight is 389 g/mol. The van der Waals surface area contributed by atoms with E-state index in [1.54, 1.807) is 24.3 Å². The second kappa shape index (κ2) is 7.11. The fraction of sp³-hybridized carbons (Fsp3) is 0.143. The molecule has 1 aromatic heterocycles. The lowest BCUT2D eigenvalue weighted by molar-refractivity contribution is 0.102. The monoisotopic (exact) mass is 387 g/mol. The van der Waals surface area contributed by atoms with Gasteiger partial charge in [0.05, 0.1) is 16.3 Å². The predicted molar refractivity (Wildman–Crippen MR) is 90.5 cm³/mol. The topological polar surface area (TPSA) is 54.0 Å². The van der Waals surface area contributed by atoms with Crippen LogP contribution in [0.1, 0.15) is 17.3 Å². The van der Waals surface area contributed by atoms with Crippen molar-refractivity contribution < 1.29 is 4.79 Å². The first-order valence-corrected chi connectivity index (χ1v) is 7.72. The summed E-state index contributed by atoms with van der Waals surface area (Å²) in [5.41, 5.74) is 0.952. The van der Waals surface area contributed by atoms with Crippen LogP contribution in [-0.2, 0) is 0 Å². The van der Waals surface area contributed by atoms with Gasteiger partial charge >= 0.3 is 0 Å². The molecular weight excluding hydrogens is 377 g/mol. The maximum Gasteiger partial charge on any atom is 0.257 e. The number of nitrogens with zero attached hydrogens (tertiary/aromatic N) is 1. The normalized spacial score (nSPS) is 10.3. The summed E-state index contributed by atoms with van der Waals surface area (Å²) >= 11 is 15.3. The van der Waals surface area contributed by atoms with E-state index in [0.717, 1.165) is 4.47 Å². The summed E-state index contributed by atoms with van der Waals surface area (Å²) in [7, 11) is 0. The molecule has 110 valence electrons. The smallest absolute Gasteiger partial charge is 0.257 e. The SMILES string of the molecule is CCNc1ncc(C(=O)Nc2cc(Cl)ccc2Br)cc1Cl. The number of carbonyl (C=O) groups is 1. The van der Waals surface area contributed by atoms with E-state index in [1.807, 2.05) is 6.92 Å². The lowest BCUT2D eigenvalue weighted by Crippen LogP contribution is -2.13. The zero-order chi connectivity index (χ0) is 15.4. The van der Waals surface area contributed by atoms with Gasteiger partial charge in [0.2, 0.25) is 0 Å². The quantitative estimate of drug-likeness (QED) is 0.788. The Kier molecular flexibility index (Phi) is 5.45. The third-order valence-corrected chi connectivity index (χ3v) is 3.84. The van der Waals surface area contributed by atoms with Crippen molar-refractivity contribution in [3.8, 4) is 0 Å². The van der Waals surface area contributed by atoms with E-state index in [1.165, 1.54) is 6.20 Å². The highest BCUT2D eigenvalue weighted by Crippen LogP contribution is 2.27. The predicted octanol–water partition coefficient (Wildman–Crippen LogP) is 4.84. The van der Waals surface area contributed by atoms with Crippen LogP contribution in [0, 0.1) is 0 Å². The first-order chi connectivity index (χ1) is 10.0. The van der Waals surface area contributed by atoms with Crippen molar-refractivity contribution in [1.82, 2.24) is 4.98 Å². The fourth-order valence-electron chi connectivity index (χ4n) is 1.65. The number of carbonyl (C=O) groups excluding carboxylic acids is 1. The zero-order valence-electron chi connectivity index (χ0n) is 11.1. The van der Waals surface area contributed by atoms with Crippen LogP contribution < -0.4 is 10.6 Å². The molecule has 21 heavy (non-hydrogen) atoms. The highest BCUT2D eigenvalue weighted by Gasteiger charge is 2.11. The van der Waals surface area contributed by atoms with E-state index in [-0.39, 0.29) is 5.91 Å². The Balaban J connectivity index is 2.20. The van der Waals surface area contributed by atoms with Gasteiger partial charge in [0.1, 0.15) is 5.82 Å². The molecule has 4 nitrogen and oxygen atoms in total. The number of halogens is 3. The Morgan fingerprint density at radius 3 is 2.76 bits per heavy atom. The standard InChI is InChI=1S/C14H12BrCl2N3O/c1-2-18-13-11(17)5-8(7-19-13)14(21)20-12-6-9(16)3-4-10(12)15/h3-7H,2H2,1H3,(H,18,19)(H,20,21). The molecule has 0 saturated carbocycles. The number of anilines is 2. The van der Waals surface area contributed by atoms with Gasteiger partial charge in [-0.05, 0) is 47.1 Å². The highest BCUT2D eigenvalue weighted by atomic mass is 79.9. The van der Waals surface area contributed by atoms with Gasteiger partial charge in [-0.1, -0.05) is 23.2 Å². The van der Waals surface area contributed by atoms with Gasteiger partial charge in [0.15, 0.2) is 0 Å². The Hall–Kier alpha value is -1.30. The number of amides is 1. The highest BCUT2D eigenvalue weighted by molar-refractivity contribution is 9.10. The number of hydrogen-bond donors (Lipinski definition) is 2. The van der Waals surface area contributed by atoms with Gasteiger partial charge in [-0.25, -0.2) is 4.98 Å². The van der Waals surface area contributed by atoms with Gasteiger partial charge in [-0.3, -0.25) is 4.79 Å². The van der Waals surface area contributed by atoms with Crippen LogP contribution in [0.4, 0.5) is 11.5 Å². The number of aromatic nitrogens is 1. The van der Waals surface area contributed by atoms with Crippen molar-refractivity contribution in [1.29, 1.82) is 0 Å². The van der Waals surface area contributed by atoms with E-state index in [4.69, 9.17) is 23.2 Å². The van der Waals surface area contributed by atoms with Gasteiger partial charge in [-0.15, -0.1) is 0 Å². The number of rotatable bonds is 4. The molecule has 2 N–H and O–H groups in total. The van der Waals surface area contributed by atoms with Crippen molar-refractivity contribution in [2.75, 3.05) is 17.2 Å². The molecule has 1 amide bonds. The molecular formula is C14H12BrCl2N3O. The van der Waals surface area contributed by atoms with Crippen LogP contribution in [-0.4, -0.2) is 17.4 Å². The molecule has 0 unspecified atom stereocenters. The van der Waals surface area contributed by atoms with Gasteiger partial charge in [0.25, 0.3) is 5.91 Å². The van der Waals surface area contributed by atoms with Crippen molar-refractivity contribution in [3.63, 3.8) is 0 Å². The third-order valence-electron chi connectivity index (χ3n) is 2.62. The minimum Gasteiger partial charge on any atom is -0.369 e. The van der Waals surface area contributed by atoms with Crippen LogP contribution in [0.5, 0.6) is 0 Å². The molecule has 0 radical (unpaired) electrons. The Morgan fingerprint density at radius 2 is 2.10 bits per heavy atom. The maximum absolute atomic E-state index is 12.2. The number of nitrogens with one attached hydrogen (secondary N) is 2. The number of benzene rings is 1. The first-order valence-electron chi connectivity index (χ1n) is 6.17. The van der Waals surface area contributed by atoms with Crippen molar-refractivity contribution in [2.24, 2.45) is 0 Å². The maximum atomic E-state index is 12.2. The molecule has 0 atom stereocenters. The summed E-state index contributed by atoms with van der Waals surface area (Å²) in [6.45, 7) is 2.64. The van der Waals surface area contributed by atoms with Gasteiger partial charge in [0, 0.05) is 22.2 Å². The molecule has 2 rings (SSSR count). The van der Waals surface area contributed by atoms with Crippen LogP contribution >= 0.6 is 39.1 Å². The fourth-order valence-corrected chi connectivity index (χ4v) is 2.40. The van der Waals surface area contributed by atoms with E-state index in [0.29, 0.717) is 33.7 Å². The van der Waals surface area contributed by atoms with Crippen LogP contribution in [0.2, 0.25) is 10.0 Å². The molecule has 1 aromatic carbocycles. The van der Waals surface area contributed by atoms with Crippen LogP contribution in [0.3, 0.4) is 0 Å². The molecule has 0 saturated heterocycles. The third kappa shape index (κ3) is 4.09. The summed E-state index contributed by atoms with van der Waals surface area (Å²) in [6.07, 6.45) is 1.47. The van der Waals surface area contributed by atoms with E-state index in [9.17, 15) is 4.79 Å². The summed E-state index contributed by atoms with van der Waals surface area (Å²) in [5.74, 6) is 0.245. The van der Waals surface area contributed by atoms with Crippen molar-refractivity contribution in [3.05, 3.63) is 50.5 Å². The largest absolute Gasteiger partial charge is 0.369 e. The van der Waals surface area contributed by atoms with Crippen LogP contribution in [0.15, 0.2) is 34.9 Å². The van der Waals surface area contributed by atoms with Gasteiger partial charge < -0.3 is 10.6 Å². The van der Waals surface area contributed by atoms with Gasteiger partial charge in [-0.2, -0.15) is 0 Å². The van der Waals surface area contributed by atoms with E-state index in [2.05, 4.69) is 31.5 Å². The molecule has 0 aliphatic heterocycles. The van der Waals surface area contributed by atoms with E-state index < -0.39 is 0 Å². The minimum atomic E-state index is -0.310. The zero-order valence-corrected chi connectivity index (χ0v) is 14.2. The Morgan fingerprint density at radius 1 is 1.33 bits per heavy atom. The number of hydrogen-bond acceptors (Lipinski definition) is 3. The number of pyridine rings is 1. The molecule has 0 aliphatic carbocycles. The Labute approximate surface area is 141 Å². The van der Waals surface area contributed by atoms with Crippen molar-refractivity contribution in [2.45, 2.75) is 6.92 Å². The molecule has 7 heteroatoms. The second-order valence-electron chi connectivity index (χ2n) is 4.16. The molecule has 0 fully saturated rings. The summed E-state index contributed by atoms with van der Waals surface area (Å²) in [4.78, 5) is 16.3. The minimum absolute atomic E-state index is 0.310. The molecule has 1 heterocycles. The second-order valence-corrected chi connectivity index (χ2v) is 5.86. The van der Waals surface area contributed by atoms with Crippen molar-refractivity contribution >= 4 is 56.5 Å². The molecule has 0 bridgehead atoms. The summed E-state index contributed by atoms with van der Waals surface area (Å²) < 4.78 is 0.739. The summed E-state index contributed by atoms with van der Waals surface area (Å²) in [6, 6.07) is 6.72. The molecule has 0 aliphatic rings.